The van der Waals surface area contributed by atoms with Crippen molar-refractivity contribution in [3.8, 4) is 0 Å². The molecule has 1 amide bonds. The number of methoxy groups -OCH3 is 1. The third kappa shape index (κ3) is 4.26. The lowest BCUT2D eigenvalue weighted by Gasteiger charge is -2.29. The Balaban J connectivity index is 1.73. The van der Waals surface area contributed by atoms with E-state index in [9.17, 15) is 18.0 Å². The molecule has 0 radical (unpaired) electrons. The molecule has 1 aliphatic heterocycles. The topological polar surface area (TPSA) is 92.8 Å². The molecule has 7 nitrogen and oxygen atoms in total. The van der Waals surface area contributed by atoms with Crippen LogP contribution in [0.15, 0.2) is 40.6 Å². The van der Waals surface area contributed by atoms with E-state index in [4.69, 9.17) is 0 Å². The molecular formula is C19H22N2O5S2. The third-order valence-corrected chi connectivity index (χ3v) is 7.54. The van der Waals surface area contributed by atoms with E-state index in [1.54, 1.807) is 11.4 Å². The molecule has 28 heavy (non-hydrogen) atoms. The minimum atomic E-state index is -3.56. The van der Waals surface area contributed by atoms with Gasteiger partial charge in [-0.1, -0.05) is 6.92 Å². The summed E-state index contributed by atoms with van der Waals surface area (Å²) >= 11 is 1.21. The van der Waals surface area contributed by atoms with Crippen LogP contribution in [0, 0.1) is 5.92 Å². The number of carbonyl (C=O) groups excluding carboxylic acids is 2. The summed E-state index contributed by atoms with van der Waals surface area (Å²) in [5.41, 5.74) is 0.579. The smallest absolute Gasteiger partial charge is 0.340 e. The standard InChI is InChI=1S/C19H22N2O5S2/c1-13-7-10-21(11-8-13)28(24,25)15-5-3-14(4-6-15)17(22)20-18-16(9-12-27-18)19(23)26-2/h3-6,9,12-13H,7-8,10-11H2,1-2H3,(H,20,22). The molecule has 0 bridgehead atoms. The van der Waals surface area contributed by atoms with E-state index < -0.39 is 21.9 Å². The number of esters is 1. The van der Waals surface area contributed by atoms with E-state index in [-0.39, 0.29) is 10.5 Å². The van der Waals surface area contributed by atoms with Gasteiger partial charge in [0.1, 0.15) is 5.00 Å². The predicted molar refractivity (Wildman–Crippen MR) is 107 cm³/mol. The van der Waals surface area contributed by atoms with Crippen LogP contribution >= 0.6 is 11.3 Å². The first-order chi connectivity index (χ1) is 13.3. The van der Waals surface area contributed by atoms with Gasteiger partial charge in [-0.2, -0.15) is 4.31 Å². The predicted octanol–water partition coefficient (Wildman–Crippen LogP) is 3.21. The number of hydrogen-bond acceptors (Lipinski definition) is 6. The van der Waals surface area contributed by atoms with Crippen molar-refractivity contribution in [3.05, 3.63) is 46.8 Å². The number of thiophene rings is 1. The van der Waals surface area contributed by atoms with Crippen LogP contribution in [0.25, 0.3) is 0 Å². The highest BCUT2D eigenvalue weighted by molar-refractivity contribution is 7.89. The lowest BCUT2D eigenvalue weighted by Crippen LogP contribution is -2.37. The Morgan fingerprint density at radius 1 is 1.14 bits per heavy atom. The summed E-state index contributed by atoms with van der Waals surface area (Å²) in [5.74, 6) is -0.429. The summed E-state index contributed by atoms with van der Waals surface area (Å²) in [6, 6.07) is 7.40. The molecular weight excluding hydrogens is 400 g/mol. The molecule has 2 heterocycles. The maximum absolute atomic E-state index is 12.8. The SMILES string of the molecule is COC(=O)c1ccsc1NC(=O)c1ccc(S(=O)(=O)N2CCC(C)CC2)cc1. The molecule has 150 valence electrons. The zero-order valence-corrected chi connectivity index (χ0v) is 17.3. The number of carbonyl (C=O) groups is 2. The molecule has 2 aromatic rings. The molecule has 3 rings (SSSR count). The van der Waals surface area contributed by atoms with Crippen LogP contribution in [0.2, 0.25) is 0 Å². The van der Waals surface area contributed by atoms with E-state index >= 15 is 0 Å². The number of benzene rings is 1. The van der Waals surface area contributed by atoms with Crippen molar-refractivity contribution in [2.75, 3.05) is 25.5 Å². The number of anilines is 1. The van der Waals surface area contributed by atoms with E-state index in [2.05, 4.69) is 17.0 Å². The van der Waals surface area contributed by atoms with Crippen LogP contribution in [-0.4, -0.2) is 44.8 Å². The van der Waals surface area contributed by atoms with Crippen LogP contribution < -0.4 is 5.32 Å². The number of rotatable bonds is 5. The molecule has 0 unspecified atom stereocenters. The van der Waals surface area contributed by atoms with Gasteiger partial charge in [-0.3, -0.25) is 4.79 Å². The van der Waals surface area contributed by atoms with Crippen molar-refractivity contribution in [2.24, 2.45) is 5.92 Å². The second-order valence-electron chi connectivity index (χ2n) is 6.72. The number of nitrogens with zero attached hydrogens (tertiary/aromatic N) is 1. The van der Waals surface area contributed by atoms with Gasteiger partial charge in [-0.25, -0.2) is 13.2 Å². The number of ether oxygens (including phenoxy) is 1. The van der Waals surface area contributed by atoms with Crippen molar-refractivity contribution < 1.29 is 22.7 Å². The normalized spacial score (nSPS) is 15.9. The van der Waals surface area contributed by atoms with E-state index in [1.165, 1.54) is 47.0 Å². The number of piperidine rings is 1. The van der Waals surface area contributed by atoms with Crippen LogP contribution in [0.3, 0.4) is 0 Å². The molecule has 0 spiro atoms. The second-order valence-corrected chi connectivity index (χ2v) is 9.57. The quantitative estimate of drug-likeness (QED) is 0.747. The Morgan fingerprint density at radius 3 is 2.39 bits per heavy atom. The molecule has 1 fully saturated rings. The summed E-state index contributed by atoms with van der Waals surface area (Å²) < 4.78 is 31.7. The number of hydrogen-bond donors (Lipinski definition) is 1. The third-order valence-electron chi connectivity index (χ3n) is 4.79. The van der Waals surface area contributed by atoms with Crippen LogP contribution in [0.5, 0.6) is 0 Å². The molecule has 9 heteroatoms. The van der Waals surface area contributed by atoms with Crippen molar-refractivity contribution in [3.63, 3.8) is 0 Å². The maximum atomic E-state index is 12.8. The summed E-state index contributed by atoms with van der Waals surface area (Å²) in [6.45, 7) is 3.15. The van der Waals surface area contributed by atoms with Gasteiger partial charge in [0.25, 0.3) is 5.91 Å². The summed E-state index contributed by atoms with van der Waals surface area (Å²) in [6.07, 6.45) is 1.70. The fraction of sp³-hybridized carbons (Fsp3) is 0.368. The Kier molecular flexibility index (Phi) is 6.17. The van der Waals surface area contributed by atoms with E-state index in [1.807, 2.05) is 0 Å². The van der Waals surface area contributed by atoms with Crippen molar-refractivity contribution in [1.29, 1.82) is 0 Å². The average molecular weight is 423 g/mol. The van der Waals surface area contributed by atoms with Crippen molar-refractivity contribution in [1.82, 2.24) is 4.31 Å². The molecule has 1 aromatic heterocycles. The average Bonchev–Trinajstić information content (AvgIpc) is 3.16. The molecule has 0 saturated carbocycles. The fourth-order valence-corrected chi connectivity index (χ4v) is 5.24. The lowest BCUT2D eigenvalue weighted by molar-refractivity contribution is 0.0602. The molecule has 0 aliphatic carbocycles. The minimum Gasteiger partial charge on any atom is -0.465 e. The Bertz CT molecular complexity index is 958. The van der Waals surface area contributed by atoms with Gasteiger partial charge in [0.2, 0.25) is 10.0 Å². The van der Waals surface area contributed by atoms with Gasteiger partial charge in [0, 0.05) is 18.7 Å². The minimum absolute atomic E-state index is 0.171. The Labute approximate surface area is 168 Å². The second kappa shape index (κ2) is 8.42. The lowest BCUT2D eigenvalue weighted by atomic mass is 10.0. The monoisotopic (exact) mass is 422 g/mol. The highest BCUT2D eigenvalue weighted by atomic mass is 32.2. The first-order valence-electron chi connectivity index (χ1n) is 8.90. The van der Waals surface area contributed by atoms with Gasteiger partial charge in [-0.05, 0) is 54.5 Å². The molecule has 1 aromatic carbocycles. The Morgan fingerprint density at radius 2 is 1.79 bits per heavy atom. The van der Waals surface area contributed by atoms with E-state index in [0.717, 1.165) is 12.8 Å². The first-order valence-corrected chi connectivity index (χ1v) is 11.2. The molecule has 1 N–H and O–H groups in total. The van der Waals surface area contributed by atoms with Gasteiger partial charge in [-0.15, -0.1) is 11.3 Å². The summed E-state index contributed by atoms with van der Waals surface area (Å²) in [7, 11) is -2.29. The summed E-state index contributed by atoms with van der Waals surface area (Å²) in [4.78, 5) is 24.3. The van der Waals surface area contributed by atoms with Crippen LogP contribution in [0.4, 0.5) is 5.00 Å². The van der Waals surface area contributed by atoms with Gasteiger partial charge < -0.3 is 10.1 Å². The van der Waals surface area contributed by atoms with Crippen LogP contribution in [-0.2, 0) is 14.8 Å². The largest absolute Gasteiger partial charge is 0.465 e. The molecule has 0 atom stereocenters. The highest BCUT2D eigenvalue weighted by Crippen LogP contribution is 2.26. The molecule has 1 aliphatic rings. The number of nitrogens with one attached hydrogen (secondary N) is 1. The van der Waals surface area contributed by atoms with Crippen LogP contribution in [0.1, 0.15) is 40.5 Å². The van der Waals surface area contributed by atoms with Crippen molar-refractivity contribution in [2.45, 2.75) is 24.7 Å². The van der Waals surface area contributed by atoms with E-state index in [0.29, 0.717) is 29.6 Å². The summed E-state index contributed by atoms with van der Waals surface area (Å²) in [5, 5.41) is 4.73. The van der Waals surface area contributed by atoms with Crippen molar-refractivity contribution >= 4 is 38.2 Å². The first kappa shape index (κ1) is 20.5. The Hall–Kier alpha value is -2.23. The van der Waals surface area contributed by atoms with Gasteiger partial charge in [0.05, 0.1) is 17.6 Å². The molecule has 1 saturated heterocycles. The fourth-order valence-electron chi connectivity index (χ4n) is 3.00. The number of sulfonamides is 1. The zero-order valence-electron chi connectivity index (χ0n) is 15.7. The zero-order chi connectivity index (χ0) is 20.3. The highest BCUT2D eigenvalue weighted by Gasteiger charge is 2.28. The number of amides is 1. The maximum Gasteiger partial charge on any atom is 0.340 e. The van der Waals surface area contributed by atoms with Gasteiger partial charge >= 0.3 is 5.97 Å². The van der Waals surface area contributed by atoms with Gasteiger partial charge in [0.15, 0.2) is 0 Å².